The van der Waals surface area contributed by atoms with E-state index >= 15 is 0 Å². The molecule has 0 atom stereocenters. The maximum absolute atomic E-state index is 15.0. The Morgan fingerprint density at radius 1 is 1.00 bits per heavy atom. The number of aromatic nitrogens is 4. The van der Waals surface area contributed by atoms with Gasteiger partial charge in [-0.15, -0.1) is 32.9 Å². The molecule has 0 unspecified atom stereocenters. The summed E-state index contributed by atoms with van der Waals surface area (Å²) in [5.41, 5.74) is 5.90. The van der Waals surface area contributed by atoms with E-state index in [0.717, 1.165) is 37.4 Å². The molecule has 1 amide bonds. The van der Waals surface area contributed by atoms with Gasteiger partial charge in [0.1, 0.15) is 28.2 Å². The monoisotopic (exact) mass is 742 g/mol. The van der Waals surface area contributed by atoms with Gasteiger partial charge in [-0.3, -0.25) is 14.4 Å². The van der Waals surface area contributed by atoms with E-state index in [0.29, 0.717) is 47.1 Å². The Hall–Kier alpha value is -5.59. The smallest absolute Gasteiger partial charge is 0.335 e. The summed E-state index contributed by atoms with van der Waals surface area (Å²) in [6.07, 6.45) is 8.79. The predicted octanol–water partition coefficient (Wildman–Crippen LogP) is 8.69. The molecule has 0 spiro atoms. The minimum atomic E-state index is -1.09. The van der Waals surface area contributed by atoms with E-state index in [2.05, 4.69) is 20.9 Å². The Kier molecular flexibility index (Phi) is 9.63. The molecule has 9 nitrogen and oxygen atoms in total. The molecular formula is C41H35FN6O3S2. The summed E-state index contributed by atoms with van der Waals surface area (Å²) in [5.74, 6) is 0.262. The zero-order chi connectivity index (χ0) is 36.5. The van der Waals surface area contributed by atoms with Crippen LogP contribution in [0, 0.1) is 12.7 Å². The molecule has 0 bridgehead atoms. The number of aryl methyl sites for hydroxylation is 3. The first-order chi connectivity index (χ1) is 25.8. The highest BCUT2D eigenvalue weighted by Gasteiger charge is 2.26. The van der Waals surface area contributed by atoms with E-state index in [4.69, 9.17) is 9.98 Å². The third-order valence-corrected chi connectivity index (χ3v) is 11.7. The number of amides is 1. The van der Waals surface area contributed by atoms with Gasteiger partial charge in [-0.05, 0) is 91.8 Å². The minimum Gasteiger partial charge on any atom is -0.478 e. The van der Waals surface area contributed by atoms with Crippen molar-refractivity contribution >= 4 is 58.1 Å². The Labute approximate surface area is 313 Å². The van der Waals surface area contributed by atoms with E-state index in [-0.39, 0.29) is 30.3 Å². The van der Waals surface area contributed by atoms with Crippen molar-refractivity contribution in [1.29, 1.82) is 0 Å². The standard InChI is InChI=1S/C41H35FN6O3S2/c1-24-46-47-36-22-43-39(31-10-2-3-11-34(31)42)33-21-30(53-40(33)48(24)36)16-13-26-12-15-28(32(19-26)41(50)51)20-37(49)44-29-9-4-6-25(18-29)14-17-38-45-35(23-52-38)27-7-5-8-27/h2-4,6,9-12,14-15,17-19,21,23,27H,5,7-8,13,16,20,22H2,1H3,(H,44,49)(H,50,51). The van der Waals surface area contributed by atoms with Crippen molar-refractivity contribution in [3.8, 4) is 5.00 Å². The average Bonchev–Trinajstić information content (AvgIpc) is 3.83. The molecule has 1 aliphatic heterocycles. The van der Waals surface area contributed by atoms with Crippen molar-refractivity contribution in [2.45, 2.75) is 57.9 Å². The van der Waals surface area contributed by atoms with Gasteiger partial charge in [-0.1, -0.05) is 48.9 Å². The van der Waals surface area contributed by atoms with Crippen LogP contribution in [-0.4, -0.2) is 42.4 Å². The van der Waals surface area contributed by atoms with Crippen molar-refractivity contribution in [3.63, 3.8) is 0 Å². The number of fused-ring (bicyclic) bond motifs is 3. The lowest BCUT2D eigenvalue weighted by molar-refractivity contribution is -0.115. The molecule has 53 heavy (non-hydrogen) atoms. The molecule has 0 radical (unpaired) electrons. The molecule has 2 aliphatic rings. The number of nitrogens with one attached hydrogen (secondary N) is 1. The first kappa shape index (κ1) is 34.5. The van der Waals surface area contributed by atoms with E-state index < -0.39 is 5.97 Å². The average molecular weight is 743 g/mol. The summed E-state index contributed by atoms with van der Waals surface area (Å²) >= 11 is 3.21. The number of rotatable bonds is 11. The van der Waals surface area contributed by atoms with E-state index in [9.17, 15) is 19.1 Å². The largest absolute Gasteiger partial charge is 0.478 e. The topological polar surface area (TPSA) is 122 Å². The number of hydrogen-bond acceptors (Lipinski definition) is 8. The van der Waals surface area contributed by atoms with Gasteiger partial charge in [-0.25, -0.2) is 14.2 Å². The highest BCUT2D eigenvalue weighted by molar-refractivity contribution is 7.15. The van der Waals surface area contributed by atoms with Crippen molar-refractivity contribution in [2.75, 3.05) is 5.32 Å². The van der Waals surface area contributed by atoms with Gasteiger partial charge < -0.3 is 10.4 Å². The van der Waals surface area contributed by atoms with E-state index in [1.807, 2.05) is 60.0 Å². The van der Waals surface area contributed by atoms with Crippen LogP contribution in [0.1, 0.15) is 90.6 Å². The van der Waals surface area contributed by atoms with Crippen LogP contribution in [0.3, 0.4) is 0 Å². The summed E-state index contributed by atoms with van der Waals surface area (Å²) in [6, 6.07) is 21.4. The second kappa shape index (κ2) is 14.8. The molecule has 3 aromatic heterocycles. The molecule has 1 saturated carbocycles. The van der Waals surface area contributed by atoms with Gasteiger partial charge in [0.2, 0.25) is 5.91 Å². The summed E-state index contributed by atoms with van der Waals surface area (Å²) in [7, 11) is 0. The van der Waals surface area contributed by atoms with Crippen LogP contribution in [0.25, 0.3) is 17.2 Å². The fourth-order valence-electron chi connectivity index (χ4n) is 6.72. The Balaban J connectivity index is 0.950. The molecule has 1 aliphatic carbocycles. The zero-order valence-corrected chi connectivity index (χ0v) is 30.5. The molecular weight excluding hydrogens is 708 g/mol. The number of carboxylic acid groups (broad SMARTS) is 1. The molecule has 4 heterocycles. The van der Waals surface area contributed by atoms with Crippen molar-refractivity contribution in [2.24, 2.45) is 4.99 Å². The number of aromatic carboxylic acids is 1. The summed E-state index contributed by atoms with van der Waals surface area (Å²) in [5, 5.41) is 25.6. The van der Waals surface area contributed by atoms with Crippen LogP contribution in [-0.2, 0) is 30.6 Å². The third-order valence-electron chi connectivity index (χ3n) is 9.69. The number of anilines is 1. The molecule has 1 fully saturated rings. The lowest BCUT2D eigenvalue weighted by Gasteiger charge is -2.22. The first-order valence-corrected chi connectivity index (χ1v) is 19.2. The van der Waals surface area contributed by atoms with Crippen LogP contribution in [0.15, 0.2) is 83.2 Å². The fraction of sp³-hybridized carbons (Fsp3) is 0.220. The number of carbonyl (C=O) groups is 2. The Morgan fingerprint density at radius 2 is 1.87 bits per heavy atom. The molecule has 8 rings (SSSR count). The van der Waals surface area contributed by atoms with Gasteiger partial charge in [0.25, 0.3) is 0 Å². The molecule has 12 heteroatoms. The van der Waals surface area contributed by atoms with Crippen molar-refractivity contribution in [3.05, 3.63) is 145 Å². The number of nitrogens with zero attached hydrogens (tertiary/aromatic N) is 5. The zero-order valence-electron chi connectivity index (χ0n) is 28.9. The van der Waals surface area contributed by atoms with Gasteiger partial charge >= 0.3 is 5.97 Å². The second-order valence-electron chi connectivity index (χ2n) is 13.3. The fourth-order valence-corrected chi connectivity index (χ4v) is 8.73. The van der Waals surface area contributed by atoms with Crippen LogP contribution in [0.5, 0.6) is 0 Å². The van der Waals surface area contributed by atoms with E-state index in [1.54, 1.807) is 53.0 Å². The quantitative estimate of drug-likeness (QED) is 0.137. The van der Waals surface area contributed by atoms with Gasteiger partial charge in [0.05, 0.1) is 23.4 Å². The summed E-state index contributed by atoms with van der Waals surface area (Å²) in [4.78, 5) is 36.0. The van der Waals surface area contributed by atoms with Crippen LogP contribution < -0.4 is 5.32 Å². The maximum atomic E-state index is 15.0. The number of aliphatic imine (C=N–C) groups is 1. The number of carbonyl (C=O) groups excluding carboxylic acids is 1. The van der Waals surface area contributed by atoms with E-state index in [1.165, 1.54) is 31.0 Å². The molecule has 266 valence electrons. The van der Waals surface area contributed by atoms with Crippen LogP contribution in [0.4, 0.5) is 10.1 Å². The SMILES string of the molecule is Cc1nnc2n1-c1sc(CCc3ccc(CC(=O)Nc4cccc(C=Cc5nc(C6CCC6)cs5)c4)c(C(=O)O)c3)cc1C(c1ccccc1F)=NC2. The molecule has 6 aromatic rings. The Morgan fingerprint density at radius 3 is 2.68 bits per heavy atom. The van der Waals surface area contributed by atoms with Crippen molar-refractivity contribution < 1.29 is 19.1 Å². The molecule has 3 aromatic carbocycles. The number of hydrogen-bond donors (Lipinski definition) is 2. The first-order valence-electron chi connectivity index (χ1n) is 17.5. The molecule has 0 saturated heterocycles. The van der Waals surface area contributed by atoms with Crippen LogP contribution >= 0.6 is 22.7 Å². The predicted molar refractivity (Wildman–Crippen MR) is 207 cm³/mol. The number of benzene rings is 3. The normalized spacial score (nSPS) is 14.0. The number of halogens is 1. The Bertz CT molecular complexity index is 2420. The number of thiazole rings is 1. The lowest BCUT2D eigenvalue weighted by Crippen LogP contribution is -2.16. The highest BCUT2D eigenvalue weighted by Crippen LogP contribution is 2.37. The summed E-state index contributed by atoms with van der Waals surface area (Å²) in [6.45, 7) is 2.16. The second-order valence-corrected chi connectivity index (χ2v) is 15.3. The van der Waals surface area contributed by atoms with Gasteiger partial charge in [0, 0.05) is 33.0 Å². The molecule has 2 N–H and O–H groups in total. The highest BCUT2D eigenvalue weighted by atomic mass is 32.1. The number of carboxylic acids is 1. The maximum Gasteiger partial charge on any atom is 0.335 e. The van der Waals surface area contributed by atoms with Gasteiger partial charge in [0.15, 0.2) is 5.82 Å². The lowest BCUT2D eigenvalue weighted by atomic mass is 9.83. The van der Waals surface area contributed by atoms with Gasteiger partial charge in [-0.2, -0.15) is 0 Å². The summed E-state index contributed by atoms with van der Waals surface area (Å²) < 4.78 is 16.9. The van der Waals surface area contributed by atoms with Crippen molar-refractivity contribution in [1.82, 2.24) is 19.7 Å². The third kappa shape index (κ3) is 7.37. The minimum absolute atomic E-state index is 0.0819. The number of thiophene rings is 1. The van der Waals surface area contributed by atoms with Crippen LogP contribution in [0.2, 0.25) is 0 Å².